The van der Waals surface area contributed by atoms with Crippen LogP contribution in [0.3, 0.4) is 0 Å². The molecule has 0 atom stereocenters. The lowest BCUT2D eigenvalue weighted by Crippen LogP contribution is -2.30. The zero-order valence-corrected chi connectivity index (χ0v) is 10.9. The summed E-state index contributed by atoms with van der Waals surface area (Å²) in [4.78, 5) is 1.92. The van der Waals surface area contributed by atoms with Gasteiger partial charge < -0.3 is 14.4 Å². The van der Waals surface area contributed by atoms with Crippen molar-refractivity contribution in [2.45, 2.75) is 6.92 Å². The summed E-state index contributed by atoms with van der Waals surface area (Å²) in [6, 6.07) is 0. The number of nitrogens with zero attached hydrogens (tertiary/aromatic N) is 1. The Labute approximate surface area is 103 Å². The number of ether oxygens (including phenoxy) is 2. The normalized spacial score (nSPS) is 10.0. The van der Waals surface area contributed by atoms with Gasteiger partial charge in [-0.2, -0.15) is 0 Å². The molecule has 0 aromatic rings. The van der Waals surface area contributed by atoms with Crippen LogP contribution in [0, 0.1) is 0 Å². The van der Waals surface area contributed by atoms with Crippen LogP contribution in [-0.4, -0.2) is 48.7 Å². The van der Waals surface area contributed by atoms with E-state index in [1.807, 2.05) is 11.8 Å². The molecule has 0 aliphatic heterocycles. The SMILES string of the molecule is C=CCN(CCOCCOCC)C(=S)S. The van der Waals surface area contributed by atoms with E-state index in [-0.39, 0.29) is 0 Å². The second-order valence-corrected chi connectivity index (χ2v) is 3.94. The first-order valence-corrected chi connectivity index (χ1v) is 5.82. The predicted molar refractivity (Wildman–Crippen MR) is 70.7 cm³/mol. The summed E-state index contributed by atoms with van der Waals surface area (Å²) in [5, 5.41) is 0. The fourth-order valence-corrected chi connectivity index (χ4v) is 1.31. The minimum Gasteiger partial charge on any atom is -0.379 e. The van der Waals surface area contributed by atoms with Gasteiger partial charge in [-0.3, -0.25) is 0 Å². The van der Waals surface area contributed by atoms with E-state index in [1.165, 1.54) is 0 Å². The second kappa shape index (κ2) is 10.4. The highest BCUT2D eigenvalue weighted by atomic mass is 32.1. The van der Waals surface area contributed by atoms with Gasteiger partial charge in [0.25, 0.3) is 0 Å². The average molecular weight is 249 g/mol. The zero-order chi connectivity index (χ0) is 11.5. The molecule has 15 heavy (non-hydrogen) atoms. The van der Waals surface area contributed by atoms with Crippen molar-refractivity contribution in [3.63, 3.8) is 0 Å². The first-order chi connectivity index (χ1) is 7.22. The van der Waals surface area contributed by atoms with Crippen LogP contribution in [-0.2, 0) is 9.47 Å². The highest BCUT2D eigenvalue weighted by Gasteiger charge is 2.02. The van der Waals surface area contributed by atoms with E-state index in [9.17, 15) is 0 Å². The molecule has 0 rings (SSSR count). The molecule has 0 spiro atoms. The van der Waals surface area contributed by atoms with Crippen LogP contribution in [0.25, 0.3) is 0 Å². The van der Waals surface area contributed by atoms with Gasteiger partial charge in [0, 0.05) is 19.7 Å². The predicted octanol–water partition coefficient (Wildman–Crippen LogP) is 1.74. The summed E-state index contributed by atoms with van der Waals surface area (Å²) in [6.45, 7) is 9.68. The van der Waals surface area contributed by atoms with Crippen LogP contribution in [0.5, 0.6) is 0 Å². The first-order valence-electron chi connectivity index (χ1n) is 4.96. The van der Waals surface area contributed by atoms with Crippen LogP contribution in [0.4, 0.5) is 0 Å². The molecule has 0 saturated heterocycles. The Morgan fingerprint density at radius 1 is 1.40 bits per heavy atom. The lowest BCUT2D eigenvalue weighted by atomic mass is 10.5. The van der Waals surface area contributed by atoms with Gasteiger partial charge in [0.1, 0.15) is 4.32 Å². The molecule has 0 aromatic heterocycles. The number of thiol groups is 1. The van der Waals surface area contributed by atoms with E-state index in [0.29, 0.717) is 30.7 Å². The fourth-order valence-electron chi connectivity index (χ4n) is 0.960. The summed E-state index contributed by atoms with van der Waals surface area (Å²) in [5.41, 5.74) is 0. The fraction of sp³-hybridized carbons (Fsp3) is 0.700. The molecule has 0 heterocycles. The molecule has 88 valence electrons. The summed E-state index contributed by atoms with van der Waals surface area (Å²) in [5.74, 6) is 0. The minimum atomic E-state index is 0.573. The van der Waals surface area contributed by atoms with E-state index < -0.39 is 0 Å². The number of rotatable bonds is 9. The molecule has 0 unspecified atom stereocenters. The number of hydrogen-bond acceptors (Lipinski definition) is 3. The number of thiocarbonyl (C=S) groups is 1. The van der Waals surface area contributed by atoms with Crippen molar-refractivity contribution in [2.75, 3.05) is 39.5 Å². The molecule has 5 heteroatoms. The van der Waals surface area contributed by atoms with E-state index in [2.05, 4.69) is 19.2 Å². The van der Waals surface area contributed by atoms with Crippen LogP contribution in [0.2, 0.25) is 0 Å². The maximum absolute atomic E-state index is 5.37. The summed E-state index contributed by atoms with van der Waals surface area (Å²) >= 11 is 9.08. The Hall–Kier alpha value is -0.100. The largest absolute Gasteiger partial charge is 0.379 e. The van der Waals surface area contributed by atoms with Gasteiger partial charge in [-0.15, -0.1) is 19.2 Å². The van der Waals surface area contributed by atoms with Gasteiger partial charge >= 0.3 is 0 Å². The molecule has 0 radical (unpaired) electrons. The maximum Gasteiger partial charge on any atom is 0.133 e. The highest BCUT2D eigenvalue weighted by Crippen LogP contribution is 1.96. The summed E-state index contributed by atoms with van der Waals surface area (Å²) < 4.78 is 11.1. The van der Waals surface area contributed by atoms with Gasteiger partial charge in [0.2, 0.25) is 0 Å². The molecule has 0 N–H and O–H groups in total. The van der Waals surface area contributed by atoms with Gasteiger partial charge in [-0.1, -0.05) is 18.3 Å². The molecule has 0 bridgehead atoms. The Morgan fingerprint density at radius 2 is 2.07 bits per heavy atom. The molecule has 0 fully saturated rings. The van der Waals surface area contributed by atoms with E-state index in [1.54, 1.807) is 6.08 Å². The molecule has 0 aromatic carbocycles. The Balaban J connectivity index is 3.45. The third-order valence-electron chi connectivity index (χ3n) is 1.70. The van der Waals surface area contributed by atoms with E-state index in [0.717, 1.165) is 13.2 Å². The molecule has 0 amide bonds. The molecule has 0 aliphatic carbocycles. The third-order valence-corrected chi connectivity index (χ3v) is 2.24. The monoisotopic (exact) mass is 249 g/mol. The second-order valence-electron chi connectivity index (χ2n) is 2.83. The summed E-state index contributed by atoms with van der Waals surface area (Å²) in [6.07, 6.45) is 1.79. The zero-order valence-electron chi connectivity index (χ0n) is 9.15. The minimum absolute atomic E-state index is 0.573. The molecule has 0 saturated carbocycles. The molecular weight excluding hydrogens is 230 g/mol. The number of hydrogen-bond donors (Lipinski definition) is 1. The van der Waals surface area contributed by atoms with Gasteiger partial charge in [-0.05, 0) is 6.92 Å². The third kappa shape index (κ3) is 8.87. The Kier molecular flexibility index (Phi) is 10.3. The average Bonchev–Trinajstić information content (AvgIpc) is 2.21. The summed E-state index contributed by atoms with van der Waals surface area (Å²) in [7, 11) is 0. The van der Waals surface area contributed by atoms with Crippen molar-refractivity contribution in [2.24, 2.45) is 0 Å². The maximum atomic E-state index is 5.37. The lowest BCUT2D eigenvalue weighted by molar-refractivity contribution is 0.0494. The van der Waals surface area contributed by atoms with Crippen molar-refractivity contribution < 1.29 is 9.47 Å². The van der Waals surface area contributed by atoms with Crippen LogP contribution in [0.15, 0.2) is 12.7 Å². The van der Waals surface area contributed by atoms with Crippen molar-refractivity contribution in [3.05, 3.63) is 12.7 Å². The van der Waals surface area contributed by atoms with Crippen molar-refractivity contribution in [1.82, 2.24) is 4.90 Å². The molecular formula is C10H19NO2S2. The van der Waals surface area contributed by atoms with Crippen molar-refractivity contribution in [3.8, 4) is 0 Å². The van der Waals surface area contributed by atoms with Gasteiger partial charge in [0.15, 0.2) is 0 Å². The van der Waals surface area contributed by atoms with E-state index >= 15 is 0 Å². The first kappa shape index (κ1) is 14.9. The van der Waals surface area contributed by atoms with Crippen molar-refractivity contribution >= 4 is 29.2 Å². The Morgan fingerprint density at radius 3 is 2.60 bits per heavy atom. The van der Waals surface area contributed by atoms with Crippen LogP contribution in [0.1, 0.15) is 6.92 Å². The Bertz CT molecular complexity index is 188. The topological polar surface area (TPSA) is 21.7 Å². The van der Waals surface area contributed by atoms with Crippen LogP contribution < -0.4 is 0 Å². The van der Waals surface area contributed by atoms with Gasteiger partial charge in [-0.25, -0.2) is 0 Å². The molecule has 0 aliphatic rings. The highest BCUT2D eigenvalue weighted by molar-refractivity contribution is 8.10. The van der Waals surface area contributed by atoms with E-state index in [4.69, 9.17) is 21.7 Å². The van der Waals surface area contributed by atoms with Crippen molar-refractivity contribution in [1.29, 1.82) is 0 Å². The lowest BCUT2D eigenvalue weighted by Gasteiger charge is -2.20. The quantitative estimate of drug-likeness (QED) is 0.291. The standard InChI is InChI=1S/C10H19NO2S2/c1-3-5-11(10(14)15)6-7-13-9-8-12-4-2/h3H,1,4-9H2,2H3,(H,14,15). The van der Waals surface area contributed by atoms with Gasteiger partial charge in [0.05, 0.1) is 19.8 Å². The molecule has 3 nitrogen and oxygen atoms in total. The van der Waals surface area contributed by atoms with Crippen LogP contribution >= 0.6 is 24.8 Å². The smallest absolute Gasteiger partial charge is 0.133 e.